The molecule has 0 radical (unpaired) electrons. The first-order chi connectivity index (χ1) is 16.8. The Bertz CT molecular complexity index is 1310. The van der Waals surface area contributed by atoms with Crippen molar-refractivity contribution in [1.29, 1.82) is 0 Å². The minimum absolute atomic E-state index is 0.121. The van der Waals surface area contributed by atoms with Crippen LogP contribution in [0.4, 0.5) is 13.2 Å². The molecule has 4 aromatic rings. The molecule has 0 saturated heterocycles. The number of carbonyl (C=O) groups excluding carboxylic acids is 1. The second-order valence-corrected chi connectivity index (χ2v) is 8.57. The van der Waals surface area contributed by atoms with Crippen molar-refractivity contribution in [2.24, 2.45) is 0 Å². The zero-order chi connectivity index (χ0) is 25.0. The van der Waals surface area contributed by atoms with Gasteiger partial charge in [0.05, 0.1) is 5.56 Å². The van der Waals surface area contributed by atoms with E-state index in [1.807, 2.05) is 12.1 Å². The van der Waals surface area contributed by atoms with Gasteiger partial charge >= 0.3 is 6.18 Å². The lowest BCUT2D eigenvalue weighted by atomic mass is 10.0. The zero-order valence-corrected chi connectivity index (χ0v) is 19.7. The predicted molar refractivity (Wildman–Crippen MR) is 134 cm³/mol. The van der Waals surface area contributed by atoms with Gasteiger partial charge in [-0.1, -0.05) is 61.5 Å². The van der Waals surface area contributed by atoms with Crippen LogP contribution < -0.4 is 5.32 Å². The highest BCUT2D eigenvalue weighted by Gasteiger charge is 2.30. The third-order valence-electron chi connectivity index (χ3n) is 6.05. The van der Waals surface area contributed by atoms with E-state index in [9.17, 15) is 18.0 Å². The van der Waals surface area contributed by atoms with Gasteiger partial charge in [0.2, 0.25) is 0 Å². The van der Waals surface area contributed by atoms with Crippen molar-refractivity contribution < 1.29 is 18.0 Å². The molecule has 0 aliphatic carbocycles. The lowest BCUT2D eigenvalue weighted by molar-refractivity contribution is -0.137. The van der Waals surface area contributed by atoms with Gasteiger partial charge in [-0.05, 0) is 69.9 Å². The molecule has 0 aliphatic rings. The van der Waals surface area contributed by atoms with Crippen LogP contribution in [0.1, 0.15) is 34.0 Å². The minimum atomic E-state index is -4.36. The lowest BCUT2D eigenvalue weighted by Crippen LogP contribution is -2.26. The average molecular weight is 477 g/mol. The highest BCUT2D eigenvalue weighted by atomic mass is 19.4. The van der Waals surface area contributed by atoms with Gasteiger partial charge in [-0.15, -0.1) is 0 Å². The molecule has 4 rings (SSSR count). The Balaban J connectivity index is 1.47. The molecule has 0 atom stereocenters. The molecule has 0 fully saturated rings. The van der Waals surface area contributed by atoms with E-state index in [1.54, 1.807) is 36.2 Å². The van der Waals surface area contributed by atoms with E-state index < -0.39 is 11.7 Å². The highest BCUT2D eigenvalue weighted by Crippen LogP contribution is 2.31. The normalized spacial score (nSPS) is 11.6. The topological polar surface area (TPSA) is 32.3 Å². The summed E-state index contributed by atoms with van der Waals surface area (Å²) in [5.41, 5.74) is 3.53. The molecule has 0 spiro atoms. The Morgan fingerprint density at radius 3 is 2.17 bits per heavy atom. The van der Waals surface area contributed by atoms with Crippen LogP contribution in [0.2, 0.25) is 0 Å². The standard InChI is InChI=1S/C29H27F3N2O/c1-3-33-18-20-7-16-27-24(17-20)5-4-6-25(27)19-34(2)28(35)23-10-8-21(9-11-23)22-12-14-26(15-13-22)29(30,31)32/h4-17,33H,3,18-19H2,1-2H3. The maximum atomic E-state index is 13.1. The number of nitrogens with zero attached hydrogens (tertiary/aromatic N) is 1. The van der Waals surface area contributed by atoms with Gasteiger partial charge in [-0.2, -0.15) is 13.2 Å². The molecule has 0 saturated carbocycles. The van der Waals surface area contributed by atoms with E-state index in [-0.39, 0.29) is 5.91 Å². The molecule has 1 amide bonds. The maximum Gasteiger partial charge on any atom is 0.416 e. The summed E-state index contributed by atoms with van der Waals surface area (Å²) in [5, 5.41) is 5.59. The van der Waals surface area contributed by atoms with Crippen LogP contribution in [0.3, 0.4) is 0 Å². The number of rotatable bonds is 7. The van der Waals surface area contributed by atoms with Gasteiger partial charge in [0.15, 0.2) is 0 Å². The van der Waals surface area contributed by atoms with Crippen molar-refractivity contribution in [2.75, 3.05) is 13.6 Å². The van der Waals surface area contributed by atoms with Crippen LogP contribution in [-0.4, -0.2) is 24.4 Å². The Kier molecular flexibility index (Phi) is 7.22. The number of carbonyl (C=O) groups is 1. The first kappa shape index (κ1) is 24.5. The fourth-order valence-electron chi connectivity index (χ4n) is 4.12. The quantitative estimate of drug-likeness (QED) is 0.314. The monoisotopic (exact) mass is 476 g/mol. The van der Waals surface area contributed by atoms with E-state index in [0.29, 0.717) is 17.7 Å². The average Bonchev–Trinajstić information content (AvgIpc) is 2.86. The van der Waals surface area contributed by atoms with Crippen molar-refractivity contribution in [3.8, 4) is 11.1 Å². The summed E-state index contributed by atoms with van der Waals surface area (Å²) in [7, 11) is 1.77. The van der Waals surface area contributed by atoms with Crippen LogP contribution in [0, 0.1) is 0 Å². The van der Waals surface area contributed by atoms with Crippen molar-refractivity contribution >= 4 is 16.7 Å². The molecule has 3 nitrogen and oxygen atoms in total. The Labute approximate surface area is 203 Å². The largest absolute Gasteiger partial charge is 0.416 e. The third-order valence-corrected chi connectivity index (χ3v) is 6.05. The van der Waals surface area contributed by atoms with Gasteiger partial charge in [0.25, 0.3) is 5.91 Å². The van der Waals surface area contributed by atoms with Crippen molar-refractivity contribution in [1.82, 2.24) is 10.2 Å². The molecule has 180 valence electrons. The molecule has 0 unspecified atom stereocenters. The molecule has 35 heavy (non-hydrogen) atoms. The molecule has 1 N–H and O–H groups in total. The van der Waals surface area contributed by atoms with Crippen molar-refractivity contribution in [3.05, 3.63) is 107 Å². The summed E-state index contributed by atoms with van der Waals surface area (Å²) in [5.74, 6) is -0.121. The number of halogens is 3. The minimum Gasteiger partial charge on any atom is -0.337 e. The Morgan fingerprint density at radius 2 is 1.54 bits per heavy atom. The number of nitrogens with one attached hydrogen (secondary N) is 1. The second-order valence-electron chi connectivity index (χ2n) is 8.57. The van der Waals surface area contributed by atoms with E-state index in [0.717, 1.165) is 47.1 Å². The molecule has 6 heteroatoms. The number of hydrogen-bond donors (Lipinski definition) is 1. The van der Waals surface area contributed by atoms with Gasteiger partial charge in [0, 0.05) is 25.7 Å². The molecular weight excluding hydrogens is 449 g/mol. The highest BCUT2D eigenvalue weighted by molar-refractivity contribution is 5.95. The van der Waals surface area contributed by atoms with Crippen LogP contribution >= 0.6 is 0 Å². The van der Waals surface area contributed by atoms with Gasteiger partial charge in [-0.3, -0.25) is 4.79 Å². The zero-order valence-electron chi connectivity index (χ0n) is 19.7. The summed E-state index contributed by atoms with van der Waals surface area (Å²) in [6, 6.07) is 24.4. The number of amides is 1. The first-order valence-corrected chi connectivity index (χ1v) is 11.5. The number of fused-ring (bicyclic) bond motifs is 1. The molecule has 0 heterocycles. The van der Waals surface area contributed by atoms with Crippen molar-refractivity contribution in [2.45, 2.75) is 26.2 Å². The van der Waals surface area contributed by atoms with E-state index >= 15 is 0 Å². The lowest BCUT2D eigenvalue weighted by Gasteiger charge is -2.19. The second kappa shape index (κ2) is 10.3. The van der Waals surface area contributed by atoms with E-state index in [4.69, 9.17) is 0 Å². The number of benzene rings is 4. The summed E-state index contributed by atoms with van der Waals surface area (Å²) in [6.07, 6.45) is -4.36. The summed E-state index contributed by atoms with van der Waals surface area (Å²) >= 11 is 0. The molecule has 0 aliphatic heterocycles. The van der Waals surface area contributed by atoms with Gasteiger partial charge < -0.3 is 10.2 Å². The summed E-state index contributed by atoms with van der Waals surface area (Å²) in [6.45, 7) is 4.27. The van der Waals surface area contributed by atoms with Crippen LogP contribution in [-0.2, 0) is 19.3 Å². The molecule has 4 aromatic carbocycles. The molecule has 0 bridgehead atoms. The number of alkyl halides is 3. The Morgan fingerprint density at radius 1 is 0.886 bits per heavy atom. The van der Waals surface area contributed by atoms with Crippen LogP contribution in [0.5, 0.6) is 0 Å². The van der Waals surface area contributed by atoms with Crippen molar-refractivity contribution in [3.63, 3.8) is 0 Å². The third kappa shape index (κ3) is 5.72. The summed E-state index contributed by atoms with van der Waals surface area (Å²) in [4.78, 5) is 14.7. The SMILES string of the molecule is CCNCc1ccc2c(CN(C)C(=O)c3ccc(-c4ccc(C(F)(F)F)cc4)cc3)cccc2c1. The van der Waals surface area contributed by atoms with Crippen LogP contribution in [0.15, 0.2) is 84.9 Å². The van der Waals surface area contributed by atoms with Crippen LogP contribution in [0.25, 0.3) is 21.9 Å². The molecule has 0 aromatic heterocycles. The van der Waals surface area contributed by atoms with Gasteiger partial charge in [-0.25, -0.2) is 0 Å². The Hall–Kier alpha value is -3.64. The van der Waals surface area contributed by atoms with E-state index in [2.05, 4.69) is 36.5 Å². The summed E-state index contributed by atoms with van der Waals surface area (Å²) < 4.78 is 38.4. The predicted octanol–water partition coefficient (Wildman–Crippen LogP) is 6.91. The fraction of sp³-hybridized carbons (Fsp3) is 0.207. The smallest absolute Gasteiger partial charge is 0.337 e. The van der Waals surface area contributed by atoms with Gasteiger partial charge in [0.1, 0.15) is 0 Å². The first-order valence-electron chi connectivity index (χ1n) is 11.5. The van der Waals surface area contributed by atoms with E-state index in [1.165, 1.54) is 17.7 Å². The molecular formula is C29H27F3N2O. The fourth-order valence-corrected chi connectivity index (χ4v) is 4.12. The maximum absolute atomic E-state index is 13.1. The number of hydrogen-bond acceptors (Lipinski definition) is 2.